The summed E-state index contributed by atoms with van der Waals surface area (Å²) in [5, 5.41) is 24.9. The fourth-order valence-corrected chi connectivity index (χ4v) is 5.92. The van der Waals surface area contributed by atoms with Gasteiger partial charge in [0.25, 0.3) is 0 Å². The smallest absolute Gasteiger partial charge is 0.142 e. The van der Waals surface area contributed by atoms with Crippen LogP contribution in [0.5, 0.6) is 0 Å². The Balaban J connectivity index is 0.00000189. The van der Waals surface area contributed by atoms with Crippen LogP contribution in [0.2, 0.25) is 5.02 Å². The lowest BCUT2D eigenvalue weighted by Crippen LogP contribution is -2.58. The topological polar surface area (TPSA) is 101 Å². The molecule has 1 fully saturated rings. The van der Waals surface area contributed by atoms with E-state index in [-0.39, 0.29) is 11.1 Å². The van der Waals surface area contributed by atoms with Gasteiger partial charge < -0.3 is 21.4 Å². The largest absolute Gasteiger partial charge is 0.393 e. The fourth-order valence-electron chi connectivity index (χ4n) is 3.95. The third-order valence-electron chi connectivity index (χ3n) is 4.64. The summed E-state index contributed by atoms with van der Waals surface area (Å²) in [6.07, 6.45) is 7.74. The van der Waals surface area contributed by atoms with Gasteiger partial charge in [-0.05, 0) is 90.7 Å². The maximum atomic E-state index is 10.6. The number of rotatable bonds is 6. The molecular weight excluding hydrogens is 454 g/mol. The lowest BCUT2D eigenvalue weighted by atomic mass is 9.82. The van der Waals surface area contributed by atoms with Crippen molar-refractivity contribution in [3.05, 3.63) is 52.7 Å². The van der Waals surface area contributed by atoms with Gasteiger partial charge in [0.05, 0.1) is 10.1 Å². The van der Waals surface area contributed by atoms with Crippen LogP contribution in [0.25, 0.3) is 5.57 Å². The Kier molecular flexibility index (Phi) is 14.2. The molecule has 0 saturated carbocycles. The van der Waals surface area contributed by atoms with Crippen molar-refractivity contribution in [2.24, 2.45) is 0 Å². The van der Waals surface area contributed by atoms with E-state index in [1.165, 1.54) is 6.08 Å². The van der Waals surface area contributed by atoms with Crippen molar-refractivity contribution >= 4 is 47.0 Å². The van der Waals surface area contributed by atoms with Crippen LogP contribution in [0.15, 0.2) is 36.6 Å². The summed E-state index contributed by atoms with van der Waals surface area (Å²) in [4.78, 5) is 10.6. The molecule has 1 saturated heterocycles. The van der Waals surface area contributed by atoms with Crippen LogP contribution in [-0.2, 0) is 4.79 Å². The first kappa shape index (κ1) is 31.1. The summed E-state index contributed by atoms with van der Waals surface area (Å²) in [6.45, 7) is 11.4. The minimum absolute atomic E-state index is 0.0467. The normalized spacial score (nSPS) is 17.3. The van der Waals surface area contributed by atoms with Crippen molar-refractivity contribution in [2.75, 3.05) is 21.1 Å². The molecular formula is C25H40ClN5OS. The van der Waals surface area contributed by atoms with Gasteiger partial charge in [0.2, 0.25) is 0 Å². The lowest BCUT2D eigenvalue weighted by Gasteiger charge is -2.46. The third-order valence-corrected chi connectivity index (χ3v) is 6.07. The van der Waals surface area contributed by atoms with Gasteiger partial charge in [0, 0.05) is 35.1 Å². The van der Waals surface area contributed by atoms with E-state index in [9.17, 15) is 4.79 Å². The Morgan fingerprint density at radius 2 is 1.73 bits per heavy atom. The minimum atomic E-state index is 0.0467. The van der Waals surface area contributed by atoms with Crippen molar-refractivity contribution in [3.63, 3.8) is 0 Å². The number of thioether (sulfide) groups is 1. The Labute approximate surface area is 209 Å². The first-order valence-electron chi connectivity index (χ1n) is 10.8. The monoisotopic (exact) mass is 493 g/mol. The van der Waals surface area contributed by atoms with Crippen LogP contribution < -0.4 is 16.0 Å². The summed E-state index contributed by atoms with van der Waals surface area (Å²) >= 11 is 8.13. The van der Waals surface area contributed by atoms with E-state index < -0.39 is 0 Å². The molecule has 184 valence electrons. The van der Waals surface area contributed by atoms with E-state index in [1.807, 2.05) is 38.5 Å². The number of halogens is 1. The Hall–Kier alpha value is -1.93. The van der Waals surface area contributed by atoms with Gasteiger partial charge in [-0.1, -0.05) is 23.7 Å². The lowest BCUT2D eigenvalue weighted by molar-refractivity contribution is -0.104. The second kappa shape index (κ2) is 15.1. The molecule has 0 atom stereocenters. The zero-order valence-corrected chi connectivity index (χ0v) is 22.5. The third kappa shape index (κ3) is 11.2. The van der Waals surface area contributed by atoms with E-state index in [0.717, 1.165) is 35.8 Å². The van der Waals surface area contributed by atoms with E-state index in [4.69, 9.17) is 22.4 Å². The van der Waals surface area contributed by atoms with Crippen molar-refractivity contribution < 1.29 is 4.79 Å². The van der Waals surface area contributed by atoms with Gasteiger partial charge in [-0.15, -0.1) is 11.8 Å². The quantitative estimate of drug-likeness (QED) is 0.124. The summed E-state index contributed by atoms with van der Waals surface area (Å²) in [5.41, 5.74) is 2.58. The molecule has 0 aliphatic carbocycles. The maximum absolute atomic E-state index is 10.6. The molecule has 2 rings (SSSR count). The van der Waals surface area contributed by atoms with Crippen LogP contribution in [-0.4, -0.2) is 55.5 Å². The second-order valence-corrected chi connectivity index (χ2v) is 10.7. The highest BCUT2D eigenvalue weighted by atomic mass is 35.5. The molecule has 33 heavy (non-hydrogen) atoms. The number of benzene rings is 1. The average molecular weight is 494 g/mol. The Bertz CT molecular complexity index is 820. The van der Waals surface area contributed by atoms with Gasteiger partial charge in [-0.3, -0.25) is 10.2 Å². The van der Waals surface area contributed by atoms with E-state index in [2.05, 4.69) is 50.4 Å². The van der Waals surface area contributed by atoms with Crippen molar-refractivity contribution in [1.29, 1.82) is 10.8 Å². The highest BCUT2D eigenvalue weighted by Gasteiger charge is 2.38. The summed E-state index contributed by atoms with van der Waals surface area (Å²) in [6, 6.07) is 5.67. The number of carbonyl (C=O) groups is 1. The van der Waals surface area contributed by atoms with Gasteiger partial charge in [0.1, 0.15) is 6.29 Å². The predicted octanol–water partition coefficient (Wildman–Crippen LogP) is 5.12. The SMILES string of the molecule is C=N.CN/C=C(\C=C/C=O)c1ccc(C(=N)SC2CC(C)(C)NC(C)(C)C2)c(Cl)c1.CNC. The molecule has 0 unspecified atom stereocenters. The number of aldehydes is 1. The standard InChI is InChI=1S/C22H30ClN3OS.C2H7N.CH3N/c1-21(2)12-17(13-22(3,4)26-21)28-20(24)18-9-8-15(11-19(18)23)16(14-25-5)7-6-10-27;1-3-2;1-2/h6-11,14,17,24-26H,12-13H2,1-5H3;3H,1-2H3;2H,1H2/b7-6-,16-14+,24-20?;;. The maximum Gasteiger partial charge on any atom is 0.142 e. The van der Waals surface area contributed by atoms with E-state index in [1.54, 1.807) is 24.9 Å². The molecule has 1 aromatic rings. The summed E-state index contributed by atoms with van der Waals surface area (Å²) in [5.74, 6) is 0. The summed E-state index contributed by atoms with van der Waals surface area (Å²) in [7, 11) is 5.55. The molecule has 1 aliphatic rings. The Morgan fingerprint density at radius 1 is 1.18 bits per heavy atom. The zero-order chi connectivity index (χ0) is 25.7. The molecule has 0 radical (unpaired) electrons. The predicted molar refractivity (Wildman–Crippen MR) is 147 cm³/mol. The minimum Gasteiger partial charge on any atom is -0.393 e. The van der Waals surface area contributed by atoms with Crippen LogP contribution in [0.4, 0.5) is 0 Å². The first-order valence-corrected chi connectivity index (χ1v) is 12.0. The van der Waals surface area contributed by atoms with Crippen molar-refractivity contribution in [1.82, 2.24) is 16.0 Å². The number of hydrogen-bond donors (Lipinski definition) is 5. The number of hydrogen-bond acceptors (Lipinski definition) is 7. The zero-order valence-electron chi connectivity index (χ0n) is 20.9. The number of nitrogens with one attached hydrogen (secondary N) is 5. The second-order valence-electron chi connectivity index (χ2n) is 8.95. The van der Waals surface area contributed by atoms with Gasteiger partial charge in [0.15, 0.2) is 0 Å². The highest BCUT2D eigenvalue weighted by molar-refractivity contribution is 8.14. The summed E-state index contributed by atoms with van der Waals surface area (Å²) < 4.78 is 0. The molecule has 8 heteroatoms. The number of carbonyl (C=O) groups excluding carboxylic acids is 1. The molecule has 0 aromatic heterocycles. The molecule has 5 N–H and O–H groups in total. The number of allylic oxidation sites excluding steroid dienone is 3. The molecule has 0 amide bonds. The van der Waals surface area contributed by atoms with Crippen molar-refractivity contribution in [3.8, 4) is 0 Å². The van der Waals surface area contributed by atoms with Gasteiger partial charge in [-0.25, -0.2) is 0 Å². The van der Waals surface area contributed by atoms with E-state index >= 15 is 0 Å². The van der Waals surface area contributed by atoms with Crippen LogP contribution >= 0.6 is 23.4 Å². The first-order chi connectivity index (χ1) is 15.5. The molecule has 6 nitrogen and oxygen atoms in total. The molecule has 1 aromatic carbocycles. The molecule has 1 aliphatic heterocycles. The van der Waals surface area contributed by atoms with Crippen LogP contribution in [0.1, 0.15) is 51.7 Å². The molecule has 0 bridgehead atoms. The molecule has 0 spiro atoms. The van der Waals surface area contributed by atoms with Crippen molar-refractivity contribution in [2.45, 2.75) is 56.9 Å². The van der Waals surface area contributed by atoms with Gasteiger partial charge in [-0.2, -0.15) is 0 Å². The van der Waals surface area contributed by atoms with Gasteiger partial charge >= 0.3 is 0 Å². The number of piperidine rings is 1. The van der Waals surface area contributed by atoms with E-state index in [0.29, 0.717) is 15.3 Å². The molecule has 1 heterocycles. The average Bonchev–Trinajstić information content (AvgIpc) is 2.70. The highest BCUT2D eigenvalue weighted by Crippen LogP contribution is 2.37. The van der Waals surface area contributed by atoms with Crippen LogP contribution in [0.3, 0.4) is 0 Å². The fraction of sp³-hybridized carbons (Fsp3) is 0.480. The van der Waals surface area contributed by atoms with Crippen LogP contribution in [0, 0.1) is 10.8 Å². The Morgan fingerprint density at radius 3 is 2.18 bits per heavy atom.